The number of nitrogens with one attached hydrogen (secondary N) is 1. The van der Waals surface area contributed by atoms with Gasteiger partial charge in [-0.1, -0.05) is 12.1 Å². The number of aliphatic carboxylic acids is 1. The van der Waals surface area contributed by atoms with Gasteiger partial charge in [0.15, 0.2) is 0 Å². The summed E-state index contributed by atoms with van der Waals surface area (Å²) in [6.07, 6.45) is 2.46. The summed E-state index contributed by atoms with van der Waals surface area (Å²) < 4.78 is 20.1. The average molecular weight is 307 g/mol. The molecule has 0 radical (unpaired) electrons. The van der Waals surface area contributed by atoms with E-state index in [0.29, 0.717) is 32.2 Å². The molecule has 2 aliphatic rings. The smallest absolute Gasteiger partial charge is 0.306 e. The predicted molar refractivity (Wildman–Crippen MR) is 80.8 cm³/mol. The van der Waals surface area contributed by atoms with E-state index < -0.39 is 11.6 Å². The molecule has 0 atom stereocenters. The highest BCUT2D eigenvalue weighted by molar-refractivity contribution is 5.70. The van der Waals surface area contributed by atoms with Crippen molar-refractivity contribution in [3.63, 3.8) is 0 Å². The number of carbonyl (C=O) groups is 1. The Kier molecular flexibility index (Phi) is 4.34. The van der Waals surface area contributed by atoms with E-state index in [9.17, 15) is 9.18 Å². The third-order valence-corrected chi connectivity index (χ3v) is 4.76. The van der Waals surface area contributed by atoms with Gasteiger partial charge in [0.05, 0.1) is 12.5 Å². The minimum Gasteiger partial charge on any atom is -0.493 e. The van der Waals surface area contributed by atoms with Crippen LogP contribution in [0.2, 0.25) is 0 Å². The highest BCUT2D eigenvalue weighted by atomic mass is 19.1. The zero-order valence-electron chi connectivity index (χ0n) is 12.6. The summed E-state index contributed by atoms with van der Waals surface area (Å²) >= 11 is 0. The minimum absolute atomic E-state index is 0.285. The van der Waals surface area contributed by atoms with E-state index in [1.54, 1.807) is 0 Å². The molecular weight excluding hydrogens is 285 g/mol. The molecule has 0 saturated heterocycles. The van der Waals surface area contributed by atoms with Gasteiger partial charge in [-0.15, -0.1) is 0 Å². The van der Waals surface area contributed by atoms with Crippen molar-refractivity contribution in [3.8, 4) is 5.75 Å². The SMILES string of the molecule is O=C(O)C1CCC(F)(CNCc2ccc3c(c2)CCO3)CC1. The van der Waals surface area contributed by atoms with E-state index >= 15 is 0 Å². The number of hydrogen-bond donors (Lipinski definition) is 2. The number of ether oxygens (including phenoxy) is 1. The molecule has 1 fully saturated rings. The largest absolute Gasteiger partial charge is 0.493 e. The van der Waals surface area contributed by atoms with Crippen molar-refractivity contribution < 1.29 is 19.0 Å². The number of alkyl halides is 1. The Bertz CT molecular complexity index is 553. The normalized spacial score (nSPS) is 27.2. The van der Waals surface area contributed by atoms with Crippen LogP contribution in [0.15, 0.2) is 18.2 Å². The fourth-order valence-electron chi connectivity index (χ4n) is 3.34. The third kappa shape index (κ3) is 3.40. The first-order chi connectivity index (χ1) is 10.6. The number of fused-ring (bicyclic) bond motifs is 1. The molecule has 1 aliphatic carbocycles. The van der Waals surface area contributed by atoms with Crippen molar-refractivity contribution >= 4 is 5.97 Å². The highest BCUT2D eigenvalue weighted by Gasteiger charge is 2.37. The Balaban J connectivity index is 1.48. The van der Waals surface area contributed by atoms with Crippen LogP contribution >= 0.6 is 0 Å². The number of rotatable bonds is 5. The van der Waals surface area contributed by atoms with Crippen molar-refractivity contribution in [1.82, 2.24) is 5.32 Å². The Labute approximate surface area is 129 Å². The second-order valence-corrected chi connectivity index (χ2v) is 6.41. The molecule has 1 aliphatic heterocycles. The van der Waals surface area contributed by atoms with Crippen LogP contribution in [0.1, 0.15) is 36.8 Å². The van der Waals surface area contributed by atoms with E-state index in [1.807, 2.05) is 12.1 Å². The van der Waals surface area contributed by atoms with Gasteiger partial charge >= 0.3 is 5.97 Å². The molecule has 0 aromatic heterocycles. The third-order valence-electron chi connectivity index (χ3n) is 4.76. The Morgan fingerprint density at radius 2 is 2.18 bits per heavy atom. The van der Waals surface area contributed by atoms with Gasteiger partial charge in [-0.3, -0.25) is 4.79 Å². The quantitative estimate of drug-likeness (QED) is 0.878. The molecule has 1 heterocycles. The lowest BCUT2D eigenvalue weighted by Crippen LogP contribution is -2.40. The average Bonchev–Trinajstić information content (AvgIpc) is 2.95. The zero-order chi connectivity index (χ0) is 15.6. The van der Waals surface area contributed by atoms with Gasteiger partial charge in [-0.25, -0.2) is 4.39 Å². The maximum absolute atomic E-state index is 14.7. The first-order valence-electron chi connectivity index (χ1n) is 7.93. The van der Waals surface area contributed by atoms with Crippen molar-refractivity contribution in [3.05, 3.63) is 29.3 Å². The van der Waals surface area contributed by atoms with Crippen LogP contribution in [0.4, 0.5) is 4.39 Å². The first-order valence-corrected chi connectivity index (χ1v) is 7.93. The fraction of sp³-hybridized carbons (Fsp3) is 0.588. The van der Waals surface area contributed by atoms with Crippen LogP contribution < -0.4 is 10.1 Å². The van der Waals surface area contributed by atoms with Crippen LogP contribution in [-0.2, 0) is 17.8 Å². The summed E-state index contributed by atoms with van der Waals surface area (Å²) in [7, 11) is 0. The molecule has 2 N–H and O–H groups in total. The lowest BCUT2D eigenvalue weighted by molar-refractivity contribution is -0.143. The fourth-order valence-corrected chi connectivity index (χ4v) is 3.34. The summed E-state index contributed by atoms with van der Waals surface area (Å²) in [6, 6.07) is 6.09. The van der Waals surface area contributed by atoms with E-state index in [4.69, 9.17) is 9.84 Å². The summed E-state index contributed by atoms with van der Waals surface area (Å²) in [5.74, 6) is -0.214. The molecule has 120 valence electrons. The van der Waals surface area contributed by atoms with Crippen LogP contribution in [0.25, 0.3) is 0 Å². The van der Waals surface area contributed by atoms with Gasteiger partial charge in [0, 0.05) is 19.5 Å². The van der Waals surface area contributed by atoms with Gasteiger partial charge in [0.25, 0.3) is 0 Å². The van der Waals surface area contributed by atoms with E-state index in [1.165, 1.54) is 5.56 Å². The molecule has 1 saturated carbocycles. The molecule has 0 bridgehead atoms. The van der Waals surface area contributed by atoms with Crippen LogP contribution in [0.3, 0.4) is 0 Å². The molecule has 0 unspecified atom stereocenters. The molecule has 3 rings (SSSR count). The molecule has 5 heteroatoms. The van der Waals surface area contributed by atoms with E-state index in [0.717, 1.165) is 24.3 Å². The first kappa shape index (κ1) is 15.3. The van der Waals surface area contributed by atoms with E-state index in [-0.39, 0.29) is 12.5 Å². The van der Waals surface area contributed by atoms with Crippen molar-refractivity contribution in [1.29, 1.82) is 0 Å². The topological polar surface area (TPSA) is 58.6 Å². The summed E-state index contributed by atoms with van der Waals surface area (Å²) in [5.41, 5.74) is 1.08. The van der Waals surface area contributed by atoms with Gasteiger partial charge < -0.3 is 15.2 Å². The second-order valence-electron chi connectivity index (χ2n) is 6.41. The van der Waals surface area contributed by atoms with Crippen molar-refractivity contribution in [2.24, 2.45) is 5.92 Å². The lowest BCUT2D eigenvalue weighted by Gasteiger charge is -2.32. The maximum atomic E-state index is 14.7. The second kappa shape index (κ2) is 6.24. The van der Waals surface area contributed by atoms with Gasteiger partial charge in [0.2, 0.25) is 0 Å². The van der Waals surface area contributed by atoms with Crippen LogP contribution in [0, 0.1) is 5.92 Å². The minimum atomic E-state index is -1.27. The number of carboxylic acids is 1. The lowest BCUT2D eigenvalue weighted by atomic mass is 9.80. The van der Waals surface area contributed by atoms with Crippen LogP contribution in [-0.4, -0.2) is 29.9 Å². The number of hydrogen-bond acceptors (Lipinski definition) is 3. The predicted octanol–water partition coefficient (Wildman–Crippen LogP) is 2.69. The number of carboxylic acid groups (broad SMARTS) is 1. The standard InChI is InChI=1S/C17H22FNO3/c18-17(6-3-13(4-7-17)16(20)21)11-19-10-12-1-2-15-14(9-12)5-8-22-15/h1-2,9,13,19H,3-8,10-11H2,(H,20,21). The van der Waals surface area contributed by atoms with Crippen molar-refractivity contribution in [2.75, 3.05) is 13.2 Å². The Hall–Kier alpha value is -1.62. The summed E-state index contributed by atoms with van der Waals surface area (Å²) in [5, 5.41) is 12.1. The van der Waals surface area contributed by atoms with Crippen LogP contribution in [0.5, 0.6) is 5.75 Å². The maximum Gasteiger partial charge on any atom is 0.306 e. The molecule has 1 aromatic carbocycles. The monoisotopic (exact) mass is 307 g/mol. The molecule has 0 amide bonds. The molecule has 22 heavy (non-hydrogen) atoms. The molecule has 1 aromatic rings. The number of benzene rings is 1. The van der Waals surface area contributed by atoms with E-state index in [2.05, 4.69) is 11.4 Å². The van der Waals surface area contributed by atoms with Gasteiger partial charge in [0.1, 0.15) is 11.4 Å². The van der Waals surface area contributed by atoms with Gasteiger partial charge in [-0.2, -0.15) is 0 Å². The Morgan fingerprint density at radius 1 is 1.41 bits per heavy atom. The summed E-state index contributed by atoms with van der Waals surface area (Å²) in [4.78, 5) is 10.9. The molecule has 4 nitrogen and oxygen atoms in total. The summed E-state index contributed by atoms with van der Waals surface area (Å²) in [6.45, 7) is 1.65. The number of halogens is 1. The van der Waals surface area contributed by atoms with Crippen molar-refractivity contribution in [2.45, 2.75) is 44.3 Å². The van der Waals surface area contributed by atoms with Gasteiger partial charge in [-0.05, 0) is 42.9 Å². The zero-order valence-corrected chi connectivity index (χ0v) is 12.6. The molecular formula is C17H22FNO3. The molecule has 0 spiro atoms. The Morgan fingerprint density at radius 3 is 2.91 bits per heavy atom. The highest BCUT2D eigenvalue weighted by Crippen LogP contribution is 2.35.